The van der Waals surface area contributed by atoms with Crippen LogP contribution < -0.4 is 28.2 Å². The van der Waals surface area contributed by atoms with Crippen LogP contribution in [-0.4, -0.2) is 64.7 Å². The highest BCUT2D eigenvalue weighted by atomic mass is 16.1. The maximum absolute atomic E-state index is 12.5. The summed E-state index contributed by atoms with van der Waals surface area (Å²) < 4.78 is 1.58. The van der Waals surface area contributed by atoms with Crippen LogP contribution in [0.15, 0.2) is 46.3 Å². The zero-order valence-electron chi connectivity index (χ0n) is 26.5. The second-order valence-electron chi connectivity index (χ2n) is 13.4. The summed E-state index contributed by atoms with van der Waals surface area (Å²) >= 11 is 0. The van der Waals surface area contributed by atoms with E-state index in [1.54, 1.807) is 4.57 Å². The van der Waals surface area contributed by atoms with Gasteiger partial charge in [0.15, 0.2) is 5.96 Å². The van der Waals surface area contributed by atoms with Crippen molar-refractivity contribution in [3.05, 3.63) is 58.3 Å². The quantitative estimate of drug-likeness (QED) is 0.140. The van der Waals surface area contributed by atoms with E-state index in [4.69, 9.17) is 17.2 Å². The molecule has 1 aromatic carbocycles. The Bertz CT molecular complexity index is 1340. The lowest BCUT2D eigenvalue weighted by molar-refractivity contribution is 0.229. The second-order valence-corrected chi connectivity index (χ2v) is 13.4. The van der Waals surface area contributed by atoms with Gasteiger partial charge in [0, 0.05) is 42.3 Å². The Morgan fingerprint density at radius 1 is 1.12 bits per heavy atom. The molecular formula is C32H53N9O. The Kier molecular flexibility index (Phi) is 11.7. The molecule has 42 heavy (non-hydrogen) atoms. The maximum atomic E-state index is 12.5. The third-order valence-electron chi connectivity index (χ3n) is 7.84. The van der Waals surface area contributed by atoms with Gasteiger partial charge in [0.25, 0.3) is 0 Å². The van der Waals surface area contributed by atoms with Crippen LogP contribution in [0.1, 0.15) is 72.1 Å². The molecule has 232 valence electrons. The normalized spacial score (nSPS) is 15.9. The van der Waals surface area contributed by atoms with Crippen molar-refractivity contribution in [1.82, 2.24) is 24.8 Å². The number of nitrogens with one attached hydrogen (secondary N) is 2. The first-order valence-electron chi connectivity index (χ1n) is 15.2. The van der Waals surface area contributed by atoms with Gasteiger partial charge >= 0.3 is 5.69 Å². The number of fused-ring (bicyclic) bond motifs is 1. The Morgan fingerprint density at radius 3 is 2.43 bits per heavy atom. The number of aromatic nitrogens is 3. The molecule has 0 spiro atoms. The van der Waals surface area contributed by atoms with Gasteiger partial charge in [0.2, 0.25) is 0 Å². The number of hydrogen-bond acceptors (Lipinski definition) is 6. The van der Waals surface area contributed by atoms with E-state index >= 15 is 0 Å². The van der Waals surface area contributed by atoms with E-state index in [1.165, 1.54) is 26.1 Å². The molecule has 1 aliphatic heterocycles. The molecule has 1 atom stereocenters. The van der Waals surface area contributed by atoms with Crippen LogP contribution in [0.3, 0.4) is 0 Å². The van der Waals surface area contributed by atoms with Gasteiger partial charge in [-0.2, -0.15) is 4.98 Å². The average Bonchev–Trinajstić information content (AvgIpc) is 3.57. The third-order valence-corrected chi connectivity index (χ3v) is 7.84. The van der Waals surface area contributed by atoms with E-state index in [0.29, 0.717) is 17.6 Å². The van der Waals surface area contributed by atoms with Crippen molar-refractivity contribution in [3.8, 4) is 5.69 Å². The molecule has 3 aromatic rings. The van der Waals surface area contributed by atoms with Crippen molar-refractivity contribution < 1.29 is 0 Å². The van der Waals surface area contributed by atoms with Gasteiger partial charge in [0.05, 0.1) is 5.69 Å². The van der Waals surface area contributed by atoms with Crippen LogP contribution in [0.5, 0.6) is 0 Å². The maximum Gasteiger partial charge on any atom is 0.354 e. The number of H-pyrrole nitrogens is 1. The molecule has 1 saturated heterocycles. The van der Waals surface area contributed by atoms with E-state index in [9.17, 15) is 4.79 Å². The molecule has 0 bridgehead atoms. The lowest BCUT2D eigenvalue weighted by atomic mass is 9.80. The second kappa shape index (κ2) is 14.8. The molecule has 1 fully saturated rings. The van der Waals surface area contributed by atoms with Crippen molar-refractivity contribution in [2.45, 2.75) is 72.8 Å². The summed E-state index contributed by atoms with van der Waals surface area (Å²) in [5, 5.41) is 4.27. The number of guanidine groups is 1. The van der Waals surface area contributed by atoms with Crippen molar-refractivity contribution in [2.24, 2.45) is 33.5 Å². The fourth-order valence-corrected chi connectivity index (χ4v) is 5.06. The number of benzene rings is 1. The molecule has 2 aromatic heterocycles. The molecule has 8 N–H and O–H groups in total. The largest absolute Gasteiger partial charge is 0.370 e. The molecule has 1 unspecified atom stereocenters. The van der Waals surface area contributed by atoms with Crippen LogP contribution in [0.4, 0.5) is 0 Å². The SMILES string of the molecule is CC(C)(C)C1CCN(CCCN)C1.CC(C)(C)c1cc2cn(-c3ccc(CNCCCN=C(N)N)cc3)c(=O)nc2[nH]1. The third kappa shape index (κ3) is 9.96. The van der Waals surface area contributed by atoms with Gasteiger partial charge < -0.3 is 32.4 Å². The van der Waals surface area contributed by atoms with Gasteiger partial charge in [0.1, 0.15) is 5.65 Å². The molecule has 10 nitrogen and oxygen atoms in total. The predicted molar refractivity (Wildman–Crippen MR) is 175 cm³/mol. The topological polar surface area (TPSA) is 156 Å². The molecule has 0 radical (unpaired) electrons. The van der Waals surface area contributed by atoms with Gasteiger partial charge in [-0.05, 0) is 80.5 Å². The smallest absolute Gasteiger partial charge is 0.354 e. The molecule has 0 amide bonds. The van der Waals surface area contributed by atoms with Crippen molar-refractivity contribution in [3.63, 3.8) is 0 Å². The van der Waals surface area contributed by atoms with Crippen molar-refractivity contribution in [2.75, 3.05) is 39.3 Å². The number of hydrogen-bond donors (Lipinski definition) is 5. The molecule has 0 aliphatic carbocycles. The zero-order chi connectivity index (χ0) is 30.9. The van der Waals surface area contributed by atoms with E-state index in [1.807, 2.05) is 30.5 Å². The summed E-state index contributed by atoms with van der Waals surface area (Å²) in [6, 6.07) is 9.93. The Balaban J connectivity index is 0.000000312. The highest BCUT2D eigenvalue weighted by Gasteiger charge is 2.31. The lowest BCUT2D eigenvalue weighted by Crippen LogP contribution is -2.27. The van der Waals surface area contributed by atoms with Crippen LogP contribution in [0, 0.1) is 11.3 Å². The average molecular weight is 580 g/mol. The minimum atomic E-state index is -0.301. The number of aromatic amines is 1. The lowest BCUT2D eigenvalue weighted by Gasteiger charge is -2.27. The van der Waals surface area contributed by atoms with E-state index in [0.717, 1.165) is 60.7 Å². The standard InChI is InChI=1S/C21H29N7O.C11H24N2/c1-21(2,3)17-11-15-13-28(20(29)27-18(15)26-17)16-7-5-14(6-8-16)12-24-9-4-10-25-19(22)23;1-11(2,3)10-5-8-13(9-10)7-4-6-12/h5-8,11,13,24H,4,9-10,12H2,1-3H3,(H4,22,23,25)(H,26,27,29);10H,4-9,12H2,1-3H3. The molecular weight excluding hydrogens is 526 g/mol. The van der Waals surface area contributed by atoms with E-state index in [-0.39, 0.29) is 17.1 Å². The predicted octanol–water partition coefficient (Wildman–Crippen LogP) is 3.47. The first kappa shape index (κ1) is 33.3. The summed E-state index contributed by atoms with van der Waals surface area (Å²) in [6.45, 7) is 20.2. The first-order valence-corrected chi connectivity index (χ1v) is 15.2. The minimum Gasteiger partial charge on any atom is -0.370 e. The Morgan fingerprint density at radius 2 is 1.83 bits per heavy atom. The number of nitrogens with two attached hydrogens (primary N) is 3. The van der Waals surface area contributed by atoms with E-state index < -0.39 is 0 Å². The van der Waals surface area contributed by atoms with Crippen molar-refractivity contribution in [1.29, 1.82) is 0 Å². The van der Waals surface area contributed by atoms with Crippen molar-refractivity contribution >= 4 is 17.0 Å². The molecule has 1 aliphatic rings. The highest BCUT2D eigenvalue weighted by molar-refractivity contribution is 5.76. The number of nitrogens with zero attached hydrogens (tertiary/aromatic N) is 4. The Hall–Kier alpha value is -3.21. The molecule has 4 rings (SSSR count). The van der Waals surface area contributed by atoms with E-state index in [2.05, 4.69) is 72.8 Å². The van der Waals surface area contributed by atoms with Gasteiger partial charge in [-0.15, -0.1) is 0 Å². The fourth-order valence-electron chi connectivity index (χ4n) is 5.06. The number of rotatable bonds is 10. The van der Waals surface area contributed by atoms with Gasteiger partial charge in [-0.25, -0.2) is 4.79 Å². The summed E-state index contributed by atoms with van der Waals surface area (Å²) in [5.41, 5.74) is 19.8. The highest BCUT2D eigenvalue weighted by Crippen LogP contribution is 2.33. The van der Waals surface area contributed by atoms with Gasteiger partial charge in [-0.1, -0.05) is 53.7 Å². The van der Waals surface area contributed by atoms with Gasteiger partial charge in [-0.3, -0.25) is 9.56 Å². The minimum absolute atomic E-state index is 0.0352. The summed E-state index contributed by atoms with van der Waals surface area (Å²) in [6.07, 6.45) is 5.22. The summed E-state index contributed by atoms with van der Waals surface area (Å²) in [7, 11) is 0. The molecule has 3 heterocycles. The zero-order valence-corrected chi connectivity index (χ0v) is 26.5. The number of likely N-dealkylation sites (tertiary alicyclic amines) is 1. The van der Waals surface area contributed by atoms with Crippen LogP contribution in [-0.2, 0) is 12.0 Å². The first-order chi connectivity index (χ1) is 19.8. The molecule has 10 heteroatoms. The van der Waals surface area contributed by atoms with Crippen LogP contribution in [0.2, 0.25) is 0 Å². The Labute approximate surface area is 251 Å². The summed E-state index contributed by atoms with van der Waals surface area (Å²) in [4.78, 5) is 26.5. The monoisotopic (exact) mass is 579 g/mol. The fraction of sp³-hybridized carbons (Fsp3) is 0.594. The number of aliphatic imine (C=N–C) groups is 1. The van der Waals surface area contributed by atoms with Crippen LogP contribution >= 0.6 is 0 Å². The summed E-state index contributed by atoms with van der Waals surface area (Å²) in [5.74, 6) is 1.00. The van der Waals surface area contributed by atoms with Crippen LogP contribution in [0.25, 0.3) is 16.7 Å². The molecule has 0 saturated carbocycles.